The van der Waals surface area contributed by atoms with Gasteiger partial charge in [0.25, 0.3) is 17.4 Å². The first-order valence-corrected chi connectivity index (χ1v) is 11.3. The maximum absolute atomic E-state index is 13.2. The van der Waals surface area contributed by atoms with Gasteiger partial charge in [-0.05, 0) is 48.4 Å². The van der Waals surface area contributed by atoms with E-state index in [1.807, 2.05) is 0 Å². The Bertz CT molecular complexity index is 1170. The molecule has 0 bridgehead atoms. The number of aliphatic hydroxyl groups is 1. The van der Waals surface area contributed by atoms with Crippen LogP contribution in [0, 0.1) is 17.0 Å². The minimum Gasteiger partial charge on any atom is -0.507 e. The zero-order chi connectivity index (χ0) is 25.1. The number of nitrogens with zero attached hydrogens (tertiary/aromatic N) is 3. The second-order valence-electron chi connectivity index (χ2n) is 8.48. The van der Waals surface area contributed by atoms with Crippen LogP contribution in [0.2, 0.25) is 0 Å². The van der Waals surface area contributed by atoms with Crippen LogP contribution < -0.4 is 4.74 Å². The number of morpholine rings is 1. The van der Waals surface area contributed by atoms with Crippen LogP contribution in [0.15, 0.2) is 48.0 Å². The summed E-state index contributed by atoms with van der Waals surface area (Å²) in [7, 11) is 1.53. The molecule has 2 heterocycles. The summed E-state index contributed by atoms with van der Waals surface area (Å²) in [6.07, 6.45) is 0. The van der Waals surface area contributed by atoms with Gasteiger partial charge in [-0.3, -0.25) is 24.6 Å². The summed E-state index contributed by atoms with van der Waals surface area (Å²) in [5.74, 6) is -1.20. The Morgan fingerprint density at radius 2 is 1.83 bits per heavy atom. The second-order valence-corrected chi connectivity index (χ2v) is 8.48. The number of carbonyl (C=O) groups excluding carboxylic acids is 2. The van der Waals surface area contributed by atoms with Gasteiger partial charge in [-0.25, -0.2) is 0 Å². The third-order valence-corrected chi connectivity index (χ3v) is 6.41. The summed E-state index contributed by atoms with van der Waals surface area (Å²) >= 11 is 0. The van der Waals surface area contributed by atoms with Gasteiger partial charge in [-0.15, -0.1) is 0 Å². The molecule has 0 aromatic heterocycles. The Balaban J connectivity index is 1.77. The molecule has 2 fully saturated rings. The van der Waals surface area contributed by atoms with Crippen molar-refractivity contribution in [1.82, 2.24) is 9.80 Å². The minimum atomic E-state index is -0.877. The number of ether oxygens (including phenoxy) is 2. The van der Waals surface area contributed by atoms with Crippen molar-refractivity contribution in [3.63, 3.8) is 0 Å². The van der Waals surface area contributed by atoms with E-state index in [0.717, 1.165) is 13.1 Å². The normalized spacial score (nSPS) is 20.3. The molecule has 2 saturated heterocycles. The molecule has 1 atom stereocenters. The van der Waals surface area contributed by atoms with Crippen LogP contribution >= 0.6 is 0 Å². The van der Waals surface area contributed by atoms with E-state index in [0.29, 0.717) is 42.2 Å². The summed E-state index contributed by atoms with van der Waals surface area (Å²) in [5, 5.41) is 22.4. The van der Waals surface area contributed by atoms with Gasteiger partial charge in [-0.2, -0.15) is 0 Å². The first-order chi connectivity index (χ1) is 16.8. The van der Waals surface area contributed by atoms with Gasteiger partial charge in [0.15, 0.2) is 0 Å². The highest BCUT2D eigenvalue weighted by Crippen LogP contribution is 2.40. The van der Waals surface area contributed by atoms with Gasteiger partial charge in [0.1, 0.15) is 11.5 Å². The number of methoxy groups -OCH3 is 1. The fourth-order valence-electron chi connectivity index (χ4n) is 4.48. The molecule has 0 aliphatic carbocycles. The van der Waals surface area contributed by atoms with E-state index in [2.05, 4.69) is 4.90 Å². The number of amides is 1. The summed E-state index contributed by atoms with van der Waals surface area (Å²) in [4.78, 5) is 40.5. The lowest BCUT2D eigenvalue weighted by atomic mass is 9.93. The highest BCUT2D eigenvalue weighted by atomic mass is 16.6. The van der Waals surface area contributed by atoms with E-state index in [1.165, 1.54) is 36.3 Å². The molecule has 2 aromatic carbocycles. The predicted octanol–water partition coefficient (Wildman–Crippen LogP) is 2.67. The van der Waals surface area contributed by atoms with Crippen LogP contribution in [0.5, 0.6) is 5.75 Å². The summed E-state index contributed by atoms with van der Waals surface area (Å²) in [5.41, 5.74) is 1.43. The monoisotopic (exact) mass is 481 g/mol. The lowest BCUT2D eigenvalue weighted by Gasteiger charge is -2.31. The summed E-state index contributed by atoms with van der Waals surface area (Å²) in [6.45, 7) is 5.19. The van der Waals surface area contributed by atoms with Crippen LogP contribution in [0.25, 0.3) is 5.76 Å². The van der Waals surface area contributed by atoms with Crippen molar-refractivity contribution in [2.45, 2.75) is 13.0 Å². The Labute approximate surface area is 202 Å². The maximum atomic E-state index is 13.2. The number of non-ortho nitro benzene ring substituents is 1. The third-order valence-electron chi connectivity index (χ3n) is 6.41. The molecule has 4 rings (SSSR count). The quantitative estimate of drug-likeness (QED) is 0.211. The standard InChI is InChI=1S/C25H27N3O7/c1-16-15-19(34-2)7-8-20(16)23(29)21-22(17-3-5-18(6-4-17)28(32)33)27(25(31)24(21)30)10-9-26-11-13-35-14-12-26/h3-8,15,22,29H,9-14H2,1-2H3/t22-/m1/s1. The van der Waals surface area contributed by atoms with Crippen LogP contribution in [-0.4, -0.2) is 78.0 Å². The van der Waals surface area contributed by atoms with Gasteiger partial charge in [0.05, 0.1) is 36.9 Å². The minimum absolute atomic E-state index is 0.0425. The summed E-state index contributed by atoms with van der Waals surface area (Å²) in [6, 6.07) is 9.85. The van der Waals surface area contributed by atoms with Gasteiger partial charge in [-0.1, -0.05) is 0 Å². The van der Waals surface area contributed by atoms with Gasteiger partial charge in [0.2, 0.25) is 0 Å². The van der Waals surface area contributed by atoms with E-state index in [4.69, 9.17) is 9.47 Å². The molecule has 10 heteroatoms. The molecule has 184 valence electrons. The van der Waals surface area contributed by atoms with Crippen molar-refractivity contribution >= 4 is 23.1 Å². The largest absolute Gasteiger partial charge is 0.507 e. The highest BCUT2D eigenvalue weighted by Gasteiger charge is 2.46. The number of ketones is 1. The fourth-order valence-corrected chi connectivity index (χ4v) is 4.48. The number of nitro groups is 1. The van der Waals surface area contributed by atoms with Crippen molar-refractivity contribution in [3.8, 4) is 5.75 Å². The van der Waals surface area contributed by atoms with Crippen LogP contribution in [0.1, 0.15) is 22.7 Å². The molecule has 2 aromatic rings. The molecular formula is C25H27N3O7. The number of nitro benzene ring substituents is 1. The average Bonchev–Trinajstić information content (AvgIpc) is 3.12. The SMILES string of the molecule is COc1ccc(C(O)=C2C(=O)C(=O)N(CCN3CCOCC3)[C@@H]2c2ccc([N+](=O)[O-])cc2)c(C)c1. The van der Waals surface area contributed by atoms with Gasteiger partial charge >= 0.3 is 0 Å². The number of rotatable bonds is 7. The molecule has 0 saturated carbocycles. The number of benzene rings is 2. The lowest BCUT2D eigenvalue weighted by Crippen LogP contribution is -2.42. The van der Waals surface area contributed by atoms with Crippen molar-refractivity contribution in [2.24, 2.45) is 0 Å². The van der Waals surface area contributed by atoms with E-state index in [-0.39, 0.29) is 23.6 Å². The third kappa shape index (κ3) is 4.89. The van der Waals surface area contributed by atoms with Gasteiger partial charge in [0, 0.05) is 43.9 Å². The van der Waals surface area contributed by atoms with Crippen LogP contribution in [0.3, 0.4) is 0 Å². The van der Waals surface area contributed by atoms with E-state index >= 15 is 0 Å². The Morgan fingerprint density at radius 1 is 1.14 bits per heavy atom. The molecular weight excluding hydrogens is 454 g/mol. The number of hydrogen-bond donors (Lipinski definition) is 1. The topological polar surface area (TPSA) is 122 Å². The molecule has 1 N–H and O–H groups in total. The zero-order valence-electron chi connectivity index (χ0n) is 19.6. The highest BCUT2D eigenvalue weighted by molar-refractivity contribution is 6.46. The summed E-state index contributed by atoms with van der Waals surface area (Å²) < 4.78 is 10.6. The molecule has 2 aliphatic heterocycles. The van der Waals surface area contributed by atoms with Crippen molar-refractivity contribution in [1.29, 1.82) is 0 Å². The van der Waals surface area contributed by atoms with Crippen LogP contribution in [0.4, 0.5) is 5.69 Å². The zero-order valence-corrected chi connectivity index (χ0v) is 19.6. The molecule has 2 aliphatic rings. The number of Topliss-reactive ketones (excluding diaryl/α,β-unsaturated/α-hetero) is 1. The van der Waals surface area contributed by atoms with Crippen molar-refractivity contribution in [3.05, 3.63) is 74.8 Å². The lowest BCUT2D eigenvalue weighted by molar-refractivity contribution is -0.384. The fraction of sp³-hybridized carbons (Fsp3) is 0.360. The maximum Gasteiger partial charge on any atom is 0.295 e. The first kappa shape index (κ1) is 24.4. The number of likely N-dealkylation sites (tertiary alicyclic amines) is 1. The number of aliphatic hydroxyl groups excluding tert-OH is 1. The Kier molecular flexibility index (Phi) is 7.13. The molecule has 0 radical (unpaired) electrons. The van der Waals surface area contributed by atoms with Gasteiger partial charge < -0.3 is 19.5 Å². The predicted molar refractivity (Wildman–Crippen MR) is 127 cm³/mol. The Morgan fingerprint density at radius 3 is 2.43 bits per heavy atom. The van der Waals surface area contributed by atoms with Crippen LogP contribution in [-0.2, 0) is 14.3 Å². The molecule has 35 heavy (non-hydrogen) atoms. The van der Waals surface area contributed by atoms with Crippen molar-refractivity contribution < 1.29 is 29.1 Å². The average molecular weight is 482 g/mol. The smallest absolute Gasteiger partial charge is 0.295 e. The van der Waals surface area contributed by atoms with Crippen molar-refractivity contribution in [2.75, 3.05) is 46.5 Å². The molecule has 1 amide bonds. The van der Waals surface area contributed by atoms with E-state index < -0.39 is 22.7 Å². The second kappa shape index (κ2) is 10.2. The molecule has 0 unspecified atom stereocenters. The molecule has 0 spiro atoms. The first-order valence-electron chi connectivity index (χ1n) is 11.3. The number of aryl methyl sites for hydroxylation is 1. The number of hydrogen-bond acceptors (Lipinski definition) is 8. The molecule has 10 nitrogen and oxygen atoms in total. The van der Waals surface area contributed by atoms with E-state index in [1.54, 1.807) is 25.1 Å². The van der Waals surface area contributed by atoms with E-state index in [9.17, 15) is 24.8 Å². The Hall–Kier alpha value is -3.76. The number of carbonyl (C=O) groups is 2.